The van der Waals surface area contributed by atoms with Gasteiger partial charge in [0.2, 0.25) is 5.91 Å². The van der Waals surface area contributed by atoms with Gasteiger partial charge in [-0.05, 0) is 50.0 Å². The molecule has 2 heterocycles. The van der Waals surface area contributed by atoms with E-state index in [1.807, 2.05) is 18.3 Å². The van der Waals surface area contributed by atoms with E-state index in [9.17, 15) is 4.79 Å². The highest BCUT2D eigenvalue weighted by Gasteiger charge is 2.26. The quantitative estimate of drug-likeness (QED) is 0.656. The number of nitrogens with zero attached hydrogens (tertiary/aromatic N) is 2. The Bertz CT molecular complexity index is 904. The molecule has 2 fully saturated rings. The second-order valence-electron chi connectivity index (χ2n) is 9.77. The summed E-state index contributed by atoms with van der Waals surface area (Å²) in [6.07, 6.45) is 9.70. The molecule has 32 heavy (non-hydrogen) atoms. The number of hydrogen-bond acceptors (Lipinski definition) is 5. The van der Waals surface area contributed by atoms with Crippen LogP contribution in [-0.2, 0) is 9.53 Å². The maximum absolute atomic E-state index is 11.3. The number of aromatic nitrogens is 2. The van der Waals surface area contributed by atoms with E-state index in [0.717, 1.165) is 61.4 Å². The van der Waals surface area contributed by atoms with E-state index in [1.54, 1.807) is 6.92 Å². The number of ether oxygens (including phenoxy) is 2. The third kappa shape index (κ3) is 5.77. The Morgan fingerprint density at radius 2 is 1.91 bits per heavy atom. The van der Waals surface area contributed by atoms with E-state index >= 15 is 0 Å². The summed E-state index contributed by atoms with van der Waals surface area (Å²) >= 11 is 0. The zero-order valence-corrected chi connectivity index (χ0v) is 19.7. The molecule has 6 heteroatoms. The Morgan fingerprint density at radius 3 is 2.62 bits per heavy atom. The van der Waals surface area contributed by atoms with E-state index in [-0.39, 0.29) is 17.9 Å². The van der Waals surface area contributed by atoms with Gasteiger partial charge in [-0.2, -0.15) is 0 Å². The van der Waals surface area contributed by atoms with Crippen molar-refractivity contribution in [2.45, 2.75) is 83.8 Å². The van der Waals surface area contributed by atoms with Crippen LogP contribution >= 0.6 is 0 Å². The molecule has 1 saturated heterocycles. The summed E-state index contributed by atoms with van der Waals surface area (Å²) in [5, 5.41) is 4.10. The lowest BCUT2D eigenvalue weighted by Crippen LogP contribution is -2.36. The highest BCUT2D eigenvalue weighted by molar-refractivity contribution is 5.83. The molecule has 1 aliphatic carbocycles. The van der Waals surface area contributed by atoms with Crippen molar-refractivity contribution in [3.63, 3.8) is 0 Å². The lowest BCUT2D eigenvalue weighted by molar-refractivity contribution is -0.119. The molecule has 1 amide bonds. The molecule has 6 nitrogen and oxygen atoms in total. The minimum Gasteiger partial charge on any atom is -0.488 e. The summed E-state index contributed by atoms with van der Waals surface area (Å²) in [6.45, 7) is 7.70. The normalized spacial score (nSPS) is 24.1. The van der Waals surface area contributed by atoms with Crippen molar-refractivity contribution in [3.8, 4) is 5.75 Å². The smallest absolute Gasteiger partial charge is 0.217 e. The average Bonchev–Trinajstić information content (AvgIpc) is 2.80. The van der Waals surface area contributed by atoms with Crippen LogP contribution in [0.4, 0.5) is 0 Å². The largest absolute Gasteiger partial charge is 0.488 e. The molecule has 174 valence electrons. The number of rotatable bonds is 7. The third-order valence-electron chi connectivity index (χ3n) is 7.27. The van der Waals surface area contributed by atoms with E-state index in [2.05, 4.69) is 25.2 Å². The standard InChI is InChI=1S/C26H37N3O3/c1-17(15-20-7-9-22(10-8-20)28-19(3)30)18(2)26-27-16-21-5-4-6-24(25(21)29-26)32-23-11-13-31-14-12-23/h4-6,16-18,20,22-23H,7-15H2,1-3H3,(H,28,30)/t17-,18?,20?,22?/m1/s1. The third-order valence-corrected chi connectivity index (χ3v) is 7.27. The van der Waals surface area contributed by atoms with Crippen LogP contribution in [0.25, 0.3) is 10.9 Å². The molecule has 0 spiro atoms. The molecule has 2 aliphatic rings. The van der Waals surface area contributed by atoms with Gasteiger partial charge in [-0.15, -0.1) is 0 Å². The molecule has 0 bridgehead atoms. The van der Waals surface area contributed by atoms with Gasteiger partial charge < -0.3 is 14.8 Å². The summed E-state index contributed by atoms with van der Waals surface area (Å²) in [5.74, 6) is 3.34. The van der Waals surface area contributed by atoms with Gasteiger partial charge in [-0.25, -0.2) is 9.97 Å². The molecule has 1 aromatic heterocycles. The first-order valence-electron chi connectivity index (χ1n) is 12.3. The van der Waals surface area contributed by atoms with Crippen molar-refractivity contribution in [2.75, 3.05) is 13.2 Å². The monoisotopic (exact) mass is 439 g/mol. The molecule has 1 saturated carbocycles. The Hall–Kier alpha value is -2.21. The van der Waals surface area contributed by atoms with E-state index < -0.39 is 0 Å². The number of carbonyl (C=O) groups excluding carboxylic acids is 1. The Morgan fingerprint density at radius 1 is 1.16 bits per heavy atom. The minimum atomic E-state index is 0.0871. The van der Waals surface area contributed by atoms with Gasteiger partial charge in [0, 0.05) is 43.3 Å². The van der Waals surface area contributed by atoms with Gasteiger partial charge in [0.15, 0.2) is 0 Å². The fourth-order valence-electron chi connectivity index (χ4n) is 5.14. The van der Waals surface area contributed by atoms with Crippen LogP contribution in [0.3, 0.4) is 0 Å². The average molecular weight is 440 g/mol. The van der Waals surface area contributed by atoms with Crippen LogP contribution in [-0.4, -0.2) is 41.2 Å². The van der Waals surface area contributed by atoms with E-state index in [4.69, 9.17) is 19.4 Å². The highest BCUT2D eigenvalue weighted by Crippen LogP contribution is 2.35. The van der Waals surface area contributed by atoms with Crippen LogP contribution in [0, 0.1) is 11.8 Å². The fraction of sp³-hybridized carbons (Fsp3) is 0.654. The number of fused-ring (bicyclic) bond motifs is 1. The number of benzene rings is 1. The van der Waals surface area contributed by atoms with Gasteiger partial charge >= 0.3 is 0 Å². The van der Waals surface area contributed by atoms with Gasteiger partial charge in [-0.1, -0.05) is 26.0 Å². The molecule has 0 radical (unpaired) electrons. The predicted octanol–water partition coefficient (Wildman–Crippen LogP) is 5.01. The Kier molecular flexibility index (Phi) is 7.61. The molecule has 1 N–H and O–H groups in total. The van der Waals surface area contributed by atoms with Crippen LogP contribution in [0.2, 0.25) is 0 Å². The number of para-hydroxylation sites is 1. The molecular weight excluding hydrogens is 402 g/mol. The maximum atomic E-state index is 11.3. The topological polar surface area (TPSA) is 73.3 Å². The number of carbonyl (C=O) groups is 1. The van der Waals surface area contributed by atoms with Gasteiger partial charge in [-0.3, -0.25) is 4.79 Å². The van der Waals surface area contributed by atoms with Crippen LogP contribution in [0.15, 0.2) is 24.4 Å². The first-order valence-corrected chi connectivity index (χ1v) is 12.3. The molecular formula is C26H37N3O3. The van der Waals surface area contributed by atoms with Gasteiger partial charge in [0.25, 0.3) is 0 Å². The molecule has 2 aromatic rings. The van der Waals surface area contributed by atoms with Gasteiger partial charge in [0.05, 0.1) is 13.2 Å². The van der Waals surface area contributed by atoms with Crippen molar-refractivity contribution in [2.24, 2.45) is 11.8 Å². The number of hydrogen-bond donors (Lipinski definition) is 1. The minimum absolute atomic E-state index is 0.0871. The van der Waals surface area contributed by atoms with Crippen molar-refractivity contribution in [1.29, 1.82) is 0 Å². The summed E-state index contributed by atoms with van der Waals surface area (Å²) < 4.78 is 11.8. The molecule has 2 atom stereocenters. The molecule has 4 rings (SSSR count). The van der Waals surface area contributed by atoms with Crippen molar-refractivity contribution in [3.05, 3.63) is 30.2 Å². The summed E-state index contributed by atoms with van der Waals surface area (Å²) in [6, 6.07) is 6.45. The molecule has 1 aromatic carbocycles. The maximum Gasteiger partial charge on any atom is 0.217 e. The Labute approximate surface area is 191 Å². The van der Waals surface area contributed by atoms with Gasteiger partial charge in [0.1, 0.15) is 23.2 Å². The fourth-order valence-corrected chi connectivity index (χ4v) is 5.14. The van der Waals surface area contributed by atoms with Crippen molar-refractivity contribution < 1.29 is 14.3 Å². The molecule has 1 unspecified atom stereocenters. The Balaban J connectivity index is 1.41. The summed E-state index contributed by atoms with van der Waals surface area (Å²) in [7, 11) is 0. The van der Waals surface area contributed by atoms with Crippen LogP contribution in [0.5, 0.6) is 5.75 Å². The lowest BCUT2D eigenvalue weighted by Gasteiger charge is -2.31. The van der Waals surface area contributed by atoms with Crippen molar-refractivity contribution >= 4 is 16.8 Å². The predicted molar refractivity (Wildman–Crippen MR) is 126 cm³/mol. The first kappa shape index (κ1) is 23.0. The summed E-state index contributed by atoms with van der Waals surface area (Å²) in [5.41, 5.74) is 0.916. The number of amides is 1. The zero-order valence-electron chi connectivity index (χ0n) is 19.7. The second kappa shape index (κ2) is 10.6. The summed E-state index contributed by atoms with van der Waals surface area (Å²) in [4.78, 5) is 21.0. The van der Waals surface area contributed by atoms with E-state index in [0.29, 0.717) is 17.9 Å². The molecule has 1 aliphatic heterocycles. The second-order valence-corrected chi connectivity index (χ2v) is 9.77. The van der Waals surface area contributed by atoms with Crippen LogP contribution in [0.1, 0.15) is 77.5 Å². The zero-order chi connectivity index (χ0) is 22.5. The SMILES string of the molecule is CC(=O)NC1CCC(C[C@@H](C)C(C)c2ncc3cccc(OC4CCOCC4)c3n2)CC1. The van der Waals surface area contributed by atoms with Crippen molar-refractivity contribution in [1.82, 2.24) is 15.3 Å². The van der Waals surface area contributed by atoms with Crippen LogP contribution < -0.4 is 10.1 Å². The lowest BCUT2D eigenvalue weighted by atomic mass is 9.78. The van der Waals surface area contributed by atoms with E-state index in [1.165, 1.54) is 19.3 Å². The number of nitrogens with one attached hydrogen (secondary N) is 1. The first-order chi connectivity index (χ1) is 15.5. The highest BCUT2D eigenvalue weighted by atomic mass is 16.5.